The first kappa shape index (κ1) is 11.9. The lowest BCUT2D eigenvalue weighted by atomic mass is 10.1. The maximum atomic E-state index is 5.23. The molecule has 0 unspecified atom stereocenters. The highest BCUT2D eigenvalue weighted by Crippen LogP contribution is 2.27. The van der Waals surface area contributed by atoms with Crippen LogP contribution in [0.5, 0.6) is 11.5 Å². The van der Waals surface area contributed by atoms with E-state index in [0.29, 0.717) is 0 Å². The van der Waals surface area contributed by atoms with Crippen LogP contribution in [0.3, 0.4) is 0 Å². The van der Waals surface area contributed by atoms with Gasteiger partial charge in [-0.3, -0.25) is 0 Å². The van der Waals surface area contributed by atoms with Gasteiger partial charge in [0.2, 0.25) is 0 Å². The molecule has 0 fully saturated rings. The first-order valence-corrected chi connectivity index (χ1v) is 4.90. The number of ether oxygens (including phenoxy) is 2. The second kappa shape index (κ2) is 5.61. The van der Waals surface area contributed by atoms with E-state index < -0.39 is 0 Å². The third-order valence-electron chi connectivity index (χ3n) is 2.23. The Hall–Kier alpha value is -1.22. The summed E-state index contributed by atoms with van der Waals surface area (Å²) in [4.78, 5) is 1.91. The summed E-state index contributed by atoms with van der Waals surface area (Å²) in [6, 6.07) is 5.98. The summed E-state index contributed by atoms with van der Waals surface area (Å²) < 4.78 is 10.4. The third kappa shape index (κ3) is 3.44. The monoisotopic (exact) mass is 208 g/mol. The zero-order valence-electron chi connectivity index (χ0n) is 9.62. The number of hydrogen-bond donors (Lipinski definition) is 0. The van der Waals surface area contributed by atoms with Crippen LogP contribution in [0.1, 0.15) is 5.56 Å². The molecule has 0 bridgehead atoms. The van der Waals surface area contributed by atoms with Crippen molar-refractivity contribution in [2.75, 3.05) is 27.8 Å². The molecule has 0 N–H and O–H groups in total. The van der Waals surface area contributed by atoms with E-state index in [9.17, 15) is 0 Å². The second-order valence-corrected chi connectivity index (χ2v) is 3.52. The Morgan fingerprint density at radius 2 is 1.87 bits per heavy atom. The van der Waals surface area contributed by atoms with Crippen molar-refractivity contribution in [1.29, 1.82) is 0 Å². The van der Waals surface area contributed by atoms with Gasteiger partial charge in [-0.25, -0.2) is 0 Å². The summed E-state index contributed by atoms with van der Waals surface area (Å²) in [6.07, 6.45) is 0.959. The van der Waals surface area contributed by atoms with Crippen LogP contribution in [-0.4, -0.2) is 32.7 Å². The molecule has 1 rings (SSSR count). The molecule has 1 radical (unpaired) electrons. The van der Waals surface area contributed by atoms with E-state index in [0.717, 1.165) is 24.5 Å². The molecule has 0 heterocycles. The summed E-state index contributed by atoms with van der Waals surface area (Å²) in [6.45, 7) is 0.926. The molecular weight excluding hydrogens is 190 g/mol. The quantitative estimate of drug-likeness (QED) is 0.738. The normalized spacial score (nSPS) is 10.5. The summed E-state index contributed by atoms with van der Waals surface area (Å²) in [5, 5.41) is 0. The van der Waals surface area contributed by atoms with Crippen LogP contribution in [0.4, 0.5) is 0 Å². The van der Waals surface area contributed by atoms with Crippen molar-refractivity contribution in [3.05, 3.63) is 30.8 Å². The van der Waals surface area contributed by atoms with E-state index in [-0.39, 0.29) is 0 Å². The average molecular weight is 208 g/mol. The molecule has 1 aromatic rings. The SMILES string of the molecule is [CH2]N(C)CCc1ccc(OC)c(OC)c1. The largest absolute Gasteiger partial charge is 0.493 e. The van der Waals surface area contributed by atoms with Gasteiger partial charge in [0.15, 0.2) is 11.5 Å². The maximum Gasteiger partial charge on any atom is 0.160 e. The minimum absolute atomic E-state index is 0.768. The first-order valence-electron chi connectivity index (χ1n) is 4.90. The van der Waals surface area contributed by atoms with E-state index in [4.69, 9.17) is 9.47 Å². The number of nitrogens with zero attached hydrogens (tertiary/aromatic N) is 1. The van der Waals surface area contributed by atoms with Gasteiger partial charge in [-0.05, 0) is 31.2 Å². The van der Waals surface area contributed by atoms with Gasteiger partial charge in [0.25, 0.3) is 0 Å². The molecule has 0 atom stereocenters. The molecule has 1 aromatic carbocycles. The third-order valence-corrected chi connectivity index (χ3v) is 2.23. The number of hydrogen-bond acceptors (Lipinski definition) is 3. The fraction of sp³-hybridized carbons (Fsp3) is 0.417. The lowest BCUT2D eigenvalue weighted by Gasteiger charge is -2.11. The summed E-state index contributed by atoms with van der Waals surface area (Å²) in [5.41, 5.74) is 1.23. The van der Waals surface area contributed by atoms with Gasteiger partial charge in [-0.1, -0.05) is 6.07 Å². The van der Waals surface area contributed by atoms with E-state index in [1.54, 1.807) is 14.2 Å². The maximum absolute atomic E-state index is 5.23. The number of rotatable bonds is 5. The van der Waals surface area contributed by atoms with Crippen LogP contribution < -0.4 is 9.47 Å². The minimum Gasteiger partial charge on any atom is -0.493 e. The Morgan fingerprint density at radius 1 is 1.20 bits per heavy atom. The molecule has 0 saturated carbocycles. The predicted molar refractivity (Wildman–Crippen MR) is 61.2 cm³/mol. The zero-order chi connectivity index (χ0) is 11.3. The summed E-state index contributed by atoms with van der Waals surface area (Å²) in [7, 11) is 9.05. The van der Waals surface area contributed by atoms with Gasteiger partial charge in [-0.2, -0.15) is 0 Å². The van der Waals surface area contributed by atoms with Crippen molar-refractivity contribution in [1.82, 2.24) is 4.90 Å². The average Bonchev–Trinajstić information content (AvgIpc) is 2.25. The van der Waals surface area contributed by atoms with E-state index in [2.05, 4.69) is 7.05 Å². The highest BCUT2D eigenvalue weighted by atomic mass is 16.5. The van der Waals surface area contributed by atoms with Gasteiger partial charge in [0.05, 0.1) is 14.2 Å². The lowest BCUT2D eigenvalue weighted by Crippen LogP contribution is -2.12. The first-order chi connectivity index (χ1) is 7.17. The molecule has 0 spiro atoms. The number of likely N-dealkylation sites (N-methyl/N-ethyl adjacent to an activating group) is 1. The smallest absolute Gasteiger partial charge is 0.160 e. The van der Waals surface area contributed by atoms with E-state index in [1.165, 1.54) is 5.56 Å². The Labute approximate surface area is 91.6 Å². The van der Waals surface area contributed by atoms with Crippen molar-refractivity contribution in [3.8, 4) is 11.5 Å². The van der Waals surface area contributed by atoms with Gasteiger partial charge in [-0.15, -0.1) is 0 Å². The highest BCUT2D eigenvalue weighted by molar-refractivity contribution is 5.42. The Kier molecular flexibility index (Phi) is 4.43. The zero-order valence-corrected chi connectivity index (χ0v) is 9.62. The predicted octanol–water partition coefficient (Wildman–Crippen LogP) is 1.97. The Bertz CT molecular complexity index is 310. The van der Waals surface area contributed by atoms with Crippen molar-refractivity contribution in [2.24, 2.45) is 0 Å². The van der Waals surface area contributed by atoms with Crippen LogP contribution in [0.2, 0.25) is 0 Å². The Morgan fingerprint density at radius 3 is 2.40 bits per heavy atom. The van der Waals surface area contributed by atoms with Gasteiger partial charge in [0.1, 0.15) is 0 Å². The van der Waals surface area contributed by atoms with Crippen molar-refractivity contribution >= 4 is 0 Å². The summed E-state index contributed by atoms with van der Waals surface area (Å²) in [5.74, 6) is 1.55. The van der Waals surface area contributed by atoms with Gasteiger partial charge in [0, 0.05) is 13.6 Å². The summed E-state index contributed by atoms with van der Waals surface area (Å²) >= 11 is 0. The van der Waals surface area contributed by atoms with Gasteiger partial charge < -0.3 is 14.4 Å². The molecule has 3 nitrogen and oxygen atoms in total. The molecule has 0 amide bonds. The van der Waals surface area contributed by atoms with E-state index >= 15 is 0 Å². The standard InChI is InChI=1S/C12H18NO2/c1-13(2)8-7-10-5-6-11(14-3)12(9-10)15-4/h5-6,9H,1,7-8H2,2-4H3. The molecule has 15 heavy (non-hydrogen) atoms. The fourth-order valence-corrected chi connectivity index (χ4v) is 1.36. The second-order valence-electron chi connectivity index (χ2n) is 3.52. The molecular formula is C12H18NO2. The minimum atomic E-state index is 0.768. The van der Waals surface area contributed by atoms with Crippen LogP contribution in [0, 0.1) is 7.05 Å². The molecule has 83 valence electrons. The van der Waals surface area contributed by atoms with Crippen molar-refractivity contribution < 1.29 is 9.47 Å². The molecule has 0 aliphatic carbocycles. The topological polar surface area (TPSA) is 21.7 Å². The lowest BCUT2D eigenvalue weighted by molar-refractivity contribution is 0.354. The highest BCUT2D eigenvalue weighted by Gasteiger charge is 2.04. The van der Waals surface area contributed by atoms with Crippen LogP contribution in [-0.2, 0) is 6.42 Å². The molecule has 0 saturated heterocycles. The molecule has 0 aliphatic heterocycles. The number of benzene rings is 1. The van der Waals surface area contributed by atoms with Crippen LogP contribution in [0.15, 0.2) is 18.2 Å². The van der Waals surface area contributed by atoms with Crippen LogP contribution in [0.25, 0.3) is 0 Å². The number of methoxy groups -OCH3 is 2. The van der Waals surface area contributed by atoms with Crippen molar-refractivity contribution in [2.45, 2.75) is 6.42 Å². The van der Waals surface area contributed by atoms with Crippen molar-refractivity contribution in [3.63, 3.8) is 0 Å². The fourth-order valence-electron chi connectivity index (χ4n) is 1.36. The molecule has 0 aliphatic rings. The Balaban J connectivity index is 2.74. The van der Waals surface area contributed by atoms with Crippen LogP contribution >= 0.6 is 0 Å². The molecule has 0 aromatic heterocycles. The van der Waals surface area contributed by atoms with E-state index in [1.807, 2.05) is 30.1 Å². The molecule has 3 heteroatoms. The van der Waals surface area contributed by atoms with Gasteiger partial charge >= 0.3 is 0 Å².